The Labute approximate surface area is 124 Å². The van der Waals surface area contributed by atoms with Crippen LogP contribution in [-0.4, -0.2) is 4.98 Å². The third-order valence-corrected chi connectivity index (χ3v) is 3.57. The molecule has 0 saturated heterocycles. The lowest BCUT2D eigenvalue weighted by Crippen LogP contribution is -2.09. The average molecular weight is 278 g/mol. The highest BCUT2D eigenvalue weighted by Crippen LogP contribution is 2.32. The molecule has 0 aliphatic carbocycles. The van der Waals surface area contributed by atoms with Crippen LogP contribution in [-0.2, 0) is 0 Å². The lowest BCUT2D eigenvalue weighted by molar-refractivity contribution is 0.473. The first-order valence-corrected chi connectivity index (χ1v) is 7.15. The van der Waals surface area contributed by atoms with Gasteiger partial charge in [0, 0.05) is 23.2 Å². The number of benzene rings is 2. The molecule has 0 radical (unpaired) electrons. The van der Waals surface area contributed by atoms with Crippen molar-refractivity contribution in [1.29, 1.82) is 0 Å². The van der Waals surface area contributed by atoms with Crippen molar-refractivity contribution in [3.8, 4) is 11.5 Å². The molecule has 3 aromatic rings. The van der Waals surface area contributed by atoms with Gasteiger partial charge in [0.05, 0.1) is 0 Å². The molecule has 0 fully saturated rings. The van der Waals surface area contributed by atoms with Crippen LogP contribution in [0.15, 0.2) is 60.8 Å². The van der Waals surface area contributed by atoms with E-state index >= 15 is 0 Å². The highest BCUT2D eigenvalue weighted by atomic mass is 16.5. The van der Waals surface area contributed by atoms with E-state index in [1.807, 2.05) is 54.6 Å². The first kappa shape index (κ1) is 13.6. The van der Waals surface area contributed by atoms with E-state index < -0.39 is 0 Å². The molecule has 0 saturated carbocycles. The topological polar surface area (TPSA) is 48.1 Å². The van der Waals surface area contributed by atoms with Crippen LogP contribution in [0, 0.1) is 0 Å². The Kier molecular flexibility index (Phi) is 3.84. The number of hydrogen-bond acceptors (Lipinski definition) is 3. The number of rotatable bonds is 4. The maximum Gasteiger partial charge on any atom is 0.153 e. The quantitative estimate of drug-likeness (QED) is 0.767. The molecule has 0 aliphatic rings. The fraction of sp³-hybridized carbons (Fsp3) is 0.167. The van der Waals surface area contributed by atoms with Gasteiger partial charge in [-0.2, -0.15) is 0 Å². The molecule has 2 N–H and O–H groups in total. The predicted molar refractivity (Wildman–Crippen MR) is 85.5 cm³/mol. The van der Waals surface area contributed by atoms with Crippen LogP contribution in [0.4, 0.5) is 0 Å². The molecular weight excluding hydrogens is 260 g/mol. The van der Waals surface area contributed by atoms with Crippen molar-refractivity contribution in [1.82, 2.24) is 4.98 Å². The van der Waals surface area contributed by atoms with Gasteiger partial charge >= 0.3 is 0 Å². The van der Waals surface area contributed by atoms with Crippen molar-refractivity contribution in [2.75, 3.05) is 0 Å². The fourth-order valence-corrected chi connectivity index (χ4v) is 2.38. The molecule has 0 spiro atoms. The van der Waals surface area contributed by atoms with Crippen LogP contribution in [0.1, 0.15) is 24.9 Å². The summed E-state index contributed by atoms with van der Waals surface area (Å²) in [7, 11) is 0. The summed E-state index contributed by atoms with van der Waals surface area (Å²) in [6, 6.07) is 17.8. The normalized spacial score (nSPS) is 12.3. The summed E-state index contributed by atoms with van der Waals surface area (Å²) < 4.78 is 6.10. The van der Waals surface area contributed by atoms with E-state index in [-0.39, 0.29) is 6.04 Å². The maximum absolute atomic E-state index is 6.17. The summed E-state index contributed by atoms with van der Waals surface area (Å²) in [6.45, 7) is 2.07. The van der Waals surface area contributed by atoms with Crippen molar-refractivity contribution in [2.45, 2.75) is 19.4 Å². The Morgan fingerprint density at radius 3 is 2.62 bits per heavy atom. The zero-order chi connectivity index (χ0) is 14.7. The number of fused-ring (bicyclic) bond motifs is 1. The summed E-state index contributed by atoms with van der Waals surface area (Å²) in [5, 5.41) is 1.06. The van der Waals surface area contributed by atoms with Gasteiger partial charge in [0.1, 0.15) is 11.3 Å². The third-order valence-electron chi connectivity index (χ3n) is 3.57. The Bertz CT molecular complexity index is 750. The highest BCUT2D eigenvalue weighted by molar-refractivity contribution is 5.84. The van der Waals surface area contributed by atoms with E-state index in [1.54, 1.807) is 6.20 Å². The Morgan fingerprint density at radius 2 is 1.76 bits per heavy atom. The smallest absolute Gasteiger partial charge is 0.153 e. The van der Waals surface area contributed by atoms with E-state index in [4.69, 9.17) is 10.5 Å². The summed E-state index contributed by atoms with van der Waals surface area (Å²) in [5.74, 6) is 1.55. The molecule has 0 unspecified atom stereocenters. The number of hydrogen-bond donors (Lipinski definition) is 1. The summed E-state index contributed by atoms with van der Waals surface area (Å²) in [5.41, 5.74) is 8.05. The Balaban J connectivity index is 2.03. The van der Waals surface area contributed by atoms with Gasteiger partial charge in [-0.15, -0.1) is 0 Å². The second kappa shape index (κ2) is 5.94. The number of aromatic nitrogens is 1. The molecule has 1 aromatic heterocycles. The first-order chi connectivity index (χ1) is 10.3. The maximum atomic E-state index is 6.17. The molecule has 0 bridgehead atoms. The van der Waals surface area contributed by atoms with E-state index in [9.17, 15) is 0 Å². The standard InChI is InChI=1S/C18H18N2O/c1-2-15(19)14-9-3-4-10-16(14)21-17-11-5-7-13-8-6-12-20-18(13)17/h3-12,15H,2,19H2,1H3/t15-/m1/s1. The zero-order valence-corrected chi connectivity index (χ0v) is 12.0. The molecule has 3 rings (SSSR count). The largest absolute Gasteiger partial charge is 0.455 e. The Hall–Kier alpha value is -2.39. The van der Waals surface area contributed by atoms with Crippen LogP contribution in [0.3, 0.4) is 0 Å². The van der Waals surface area contributed by atoms with Crippen LogP contribution >= 0.6 is 0 Å². The van der Waals surface area contributed by atoms with Gasteiger partial charge in [-0.3, -0.25) is 4.98 Å². The second-order valence-corrected chi connectivity index (χ2v) is 4.99. The number of para-hydroxylation sites is 2. The average Bonchev–Trinajstić information content (AvgIpc) is 2.55. The number of ether oxygens (including phenoxy) is 1. The molecule has 106 valence electrons. The number of nitrogens with zero attached hydrogens (tertiary/aromatic N) is 1. The number of pyridine rings is 1. The van der Waals surface area contributed by atoms with Crippen molar-refractivity contribution >= 4 is 10.9 Å². The van der Waals surface area contributed by atoms with Crippen molar-refractivity contribution in [3.05, 3.63) is 66.4 Å². The van der Waals surface area contributed by atoms with E-state index in [1.165, 1.54) is 0 Å². The molecule has 3 heteroatoms. The summed E-state index contributed by atoms with van der Waals surface area (Å²) in [4.78, 5) is 4.42. The molecule has 1 heterocycles. The molecule has 2 aromatic carbocycles. The van der Waals surface area contributed by atoms with E-state index in [2.05, 4.69) is 11.9 Å². The molecule has 0 amide bonds. The third kappa shape index (κ3) is 2.73. The lowest BCUT2D eigenvalue weighted by atomic mass is 10.0. The van der Waals surface area contributed by atoms with Crippen LogP contribution < -0.4 is 10.5 Å². The van der Waals surface area contributed by atoms with Crippen LogP contribution in [0.2, 0.25) is 0 Å². The van der Waals surface area contributed by atoms with Gasteiger partial charge in [-0.1, -0.05) is 43.3 Å². The summed E-state index contributed by atoms with van der Waals surface area (Å²) >= 11 is 0. The molecule has 1 atom stereocenters. The predicted octanol–water partition coefficient (Wildman–Crippen LogP) is 4.44. The first-order valence-electron chi connectivity index (χ1n) is 7.15. The molecule has 0 aliphatic heterocycles. The minimum atomic E-state index is -0.0239. The lowest BCUT2D eigenvalue weighted by Gasteiger charge is -2.16. The minimum Gasteiger partial charge on any atom is -0.455 e. The van der Waals surface area contributed by atoms with Crippen molar-refractivity contribution in [3.63, 3.8) is 0 Å². The van der Waals surface area contributed by atoms with Crippen LogP contribution in [0.5, 0.6) is 11.5 Å². The highest BCUT2D eigenvalue weighted by Gasteiger charge is 2.12. The van der Waals surface area contributed by atoms with Gasteiger partial charge < -0.3 is 10.5 Å². The molecule has 3 nitrogen and oxygen atoms in total. The van der Waals surface area contributed by atoms with Gasteiger partial charge in [0.2, 0.25) is 0 Å². The molecular formula is C18H18N2O. The van der Waals surface area contributed by atoms with E-state index in [0.717, 1.165) is 34.4 Å². The second-order valence-electron chi connectivity index (χ2n) is 4.99. The number of nitrogens with two attached hydrogens (primary N) is 1. The Morgan fingerprint density at radius 1 is 1.00 bits per heavy atom. The van der Waals surface area contributed by atoms with Crippen molar-refractivity contribution in [2.24, 2.45) is 5.73 Å². The van der Waals surface area contributed by atoms with Gasteiger partial charge in [0.25, 0.3) is 0 Å². The monoisotopic (exact) mass is 278 g/mol. The molecule has 21 heavy (non-hydrogen) atoms. The van der Waals surface area contributed by atoms with Crippen LogP contribution in [0.25, 0.3) is 10.9 Å². The minimum absolute atomic E-state index is 0.0239. The summed E-state index contributed by atoms with van der Waals surface area (Å²) in [6.07, 6.45) is 2.65. The zero-order valence-electron chi connectivity index (χ0n) is 12.0. The van der Waals surface area contributed by atoms with Gasteiger partial charge in [-0.25, -0.2) is 0 Å². The van der Waals surface area contributed by atoms with Gasteiger partial charge in [-0.05, 0) is 24.6 Å². The fourth-order valence-electron chi connectivity index (χ4n) is 2.38. The SMILES string of the molecule is CC[C@@H](N)c1ccccc1Oc1cccc2cccnc12. The van der Waals surface area contributed by atoms with E-state index in [0.29, 0.717) is 0 Å². The van der Waals surface area contributed by atoms with Crippen molar-refractivity contribution < 1.29 is 4.74 Å². The van der Waals surface area contributed by atoms with Gasteiger partial charge in [0.15, 0.2) is 5.75 Å².